The quantitative estimate of drug-likeness (QED) is 0.725. The summed E-state index contributed by atoms with van der Waals surface area (Å²) in [5, 5.41) is 24.1. The smallest absolute Gasteiger partial charge is 0.339 e. The fraction of sp³-hybridized carbons (Fsp3) is 0.222. The maximum Gasteiger partial charge on any atom is 0.339 e. The number of fused-ring (bicyclic) bond motifs is 1. The van der Waals surface area contributed by atoms with E-state index in [0.29, 0.717) is 17.0 Å². The number of carbonyl (C=O) groups is 1. The lowest BCUT2D eigenvalue weighted by molar-refractivity contribution is 0.0591. The van der Waals surface area contributed by atoms with Gasteiger partial charge in [-0.15, -0.1) is 0 Å². The molecule has 0 saturated carbocycles. The van der Waals surface area contributed by atoms with Gasteiger partial charge in [0.15, 0.2) is 11.6 Å². The Kier molecular flexibility index (Phi) is 4.37. The van der Waals surface area contributed by atoms with Crippen LogP contribution < -0.4 is 4.74 Å². The number of ether oxygens (including phenoxy) is 1. The number of aromatic carboxylic acids is 1. The Morgan fingerprint density at radius 3 is 2.58 bits per heavy atom. The molecule has 2 aromatic carbocycles. The minimum absolute atomic E-state index is 0.0988. The minimum Gasteiger partial charge on any atom is -0.478 e. The van der Waals surface area contributed by atoms with Crippen LogP contribution >= 0.6 is 0 Å². The van der Waals surface area contributed by atoms with Crippen molar-refractivity contribution < 1.29 is 28.5 Å². The summed E-state index contributed by atoms with van der Waals surface area (Å²) in [7, 11) is 0. The predicted molar refractivity (Wildman–Crippen MR) is 89.4 cm³/mol. The highest BCUT2D eigenvalue weighted by atomic mass is 19.1. The van der Waals surface area contributed by atoms with Gasteiger partial charge in [-0.1, -0.05) is 0 Å². The first-order valence-corrected chi connectivity index (χ1v) is 7.72. The predicted octanol–water partition coefficient (Wildman–Crippen LogP) is 3.58. The maximum atomic E-state index is 13.8. The number of hydrogen-bond donors (Lipinski definition) is 2. The van der Waals surface area contributed by atoms with E-state index in [0.717, 1.165) is 12.1 Å². The summed E-state index contributed by atoms with van der Waals surface area (Å²) in [6, 6.07) is 5.50. The molecular weight excluding hydrogens is 346 g/mol. The normalized spacial score (nSPS) is 11.7. The Morgan fingerprint density at radius 1 is 1.23 bits per heavy atom. The van der Waals surface area contributed by atoms with Gasteiger partial charge in [-0.05, 0) is 38.1 Å². The molecule has 0 unspecified atom stereocenters. The van der Waals surface area contributed by atoms with Crippen molar-refractivity contribution in [2.45, 2.75) is 26.0 Å². The first-order valence-electron chi connectivity index (χ1n) is 7.72. The van der Waals surface area contributed by atoms with Crippen LogP contribution in [0.3, 0.4) is 0 Å². The van der Waals surface area contributed by atoms with Crippen LogP contribution in [0.1, 0.15) is 24.2 Å². The van der Waals surface area contributed by atoms with Crippen LogP contribution in [-0.2, 0) is 6.54 Å². The highest BCUT2D eigenvalue weighted by Gasteiger charge is 2.20. The monoisotopic (exact) mass is 362 g/mol. The standard InChI is InChI=1S/C18H16F2N2O4/c1-18(2,25)9-22-14-7-12(17(23)24)16(5-10(14)8-21-22)26-15-4-3-11(19)6-13(15)20/h3-8,25H,9H2,1-2H3,(H,23,24). The molecule has 0 saturated heterocycles. The number of rotatable bonds is 5. The molecule has 0 spiro atoms. The fourth-order valence-corrected chi connectivity index (χ4v) is 2.53. The molecule has 3 rings (SSSR count). The number of carboxylic acid groups (broad SMARTS) is 1. The van der Waals surface area contributed by atoms with Gasteiger partial charge in [0, 0.05) is 11.5 Å². The number of carboxylic acids is 1. The Bertz CT molecular complexity index is 993. The zero-order valence-corrected chi connectivity index (χ0v) is 14.0. The van der Waals surface area contributed by atoms with E-state index < -0.39 is 23.2 Å². The summed E-state index contributed by atoms with van der Waals surface area (Å²) in [4.78, 5) is 11.6. The van der Waals surface area contributed by atoms with Crippen molar-refractivity contribution in [1.82, 2.24) is 9.78 Å². The fourth-order valence-electron chi connectivity index (χ4n) is 2.53. The number of halogens is 2. The van der Waals surface area contributed by atoms with Crippen LogP contribution in [-0.4, -0.2) is 31.6 Å². The van der Waals surface area contributed by atoms with Crippen molar-refractivity contribution in [3.63, 3.8) is 0 Å². The molecule has 3 aromatic rings. The molecule has 26 heavy (non-hydrogen) atoms. The van der Waals surface area contributed by atoms with Gasteiger partial charge in [0.2, 0.25) is 0 Å². The Morgan fingerprint density at radius 2 is 1.96 bits per heavy atom. The molecule has 0 fully saturated rings. The number of hydrogen-bond acceptors (Lipinski definition) is 4. The molecule has 2 N–H and O–H groups in total. The van der Waals surface area contributed by atoms with Crippen LogP contribution in [0.5, 0.6) is 11.5 Å². The van der Waals surface area contributed by atoms with E-state index in [9.17, 15) is 23.8 Å². The Balaban J connectivity index is 2.08. The number of aromatic nitrogens is 2. The van der Waals surface area contributed by atoms with Gasteiger partial charge < -0.3 is 14.9 Å². The zero-order valence-electron chi connectivity index (χ0n) is 14.0. The van der Waals surface area contributed by atoms with E-state index in [1.807, 2.05) is 0 Å². The van der Waals surface area contributed by atoms with Crippen molar-refractivity contribution in [1.29, 1.82) is 0 Å². The lowest BCUT2D eigenvalue weighted by Crippen LogP contribution is -2.26. The molecule has 0 radical (unpaired) electrons. The van der Waals surface area contributed by atoms with E-state index in [1.165, 1.54) is 23.0 Å². The van der Waals surface area contributed by atoms with Gasteiger partial charge in [-0.25, -0.2) is 13.6 Å². The first kappa shape index (κ1) is 17.8. The summed E-state index contributed by atoms with van der Waals surface area (Å²) in [6.07, 6.45) is 1.49. The summed E-state index contributed by atoms with van der Waals surface area (Å²) in [5.74, 6) is -3.38. The third-order valence-electron chi connectivity index (χ3n) is 3.62. The van der Waals surface area contributed by atoms with Crippen LogP contribution in [0, 0.1) is 11.6 Å². The summed E-state index contributed by atoms with van der Waals surface area (Å²) in [5.41, 5.74) is -0.774. The lowest BCUT2D eigenvalue weighted by atomic mass is 10.1. The molecule has 0 amide bonds. The van der Waals surface area contributed by atoms with Crippen molar-refractivity contribution in [3.05, 3.63) is 53.7 Å². The van der Waals surface area contributed by atoms with Gasteiger partial charge >= 0.3 is 5.97 Å². The topological polar surface area (TPSA) is 84.6 Å². The third-order valence-corrected chi connectivity index (χ3v) is 3.62. The average Bonchev–Trinajstić information content (AvgIpc) is 2.89. The van der Waals surface area contributed by atoms with Crippen molar-refractivity contribution in [2.24, 2.45) is 0 Å². The van der Waals surface area contributed by atoms with Crippen LogP contribution in [0.4, 0.5) is 8.78 Å². The minimum atomic E-state index is -1.28. The molecule has 0 bridgehead atoms. The largest absolute Gasteiger partial charge is 0.478 e. The molecule has 0 aliphatic rings. The van der Waals surface area contributed by atoms with E-state index in [-0.39, 0.29) is 23.6 Å². The Hall–Kier alpha value is -3.00. The van der Waals surface area contributed by atoms with Crippen LogP contribution in [0.25, 0.3) is 10.9 Å². The Labute approximate surface area is 147 Å². The maximum absolute atomic E-state index is 13.8. The average molecular weight is 362 g/mol. The molecule has 0 aliphatic heterocycles. The van der Waals surface area contributed by atoms with Gasteiger partial charge in [-0.2, -0.15) is 5.10 Å². The van der Waals surface area contributed by atoms with E-state index in [2.05, 4.69) is 5.10 Å². The van der Waals surface area contributed by atoms with Crippen LogP contribution in [0.15, 0.2) is 36.5 Å². The van der Waals surface area contributed by atoms with Gasteiger partial charge in [0.1, 0.15) is 17.1 Å². The molecular formula is C18H16F2N2O4. The SMILES string of the molecule is CC(C)(O)Cn1ncc2cc(Oc3ccc(F)cc3F)c(C(=O)O)cc21. The molecule has 1 heterocycles. The van der Waals surface area contributed by atoms with E-state index in [1.54, 1.807) is 13.8 Å². The number of aliphatic hydroxyl groups is 1. The van der Waals surface area contributed by atoms with E-state index >= 15 is 0 Å². The highest BCUT2D eigenvalue weighted by molar-refractivity contribution is 5.96. The van der Waals surface area contributed by atoms with Crippen LogP contribution in [0.2, 0.25) is 0 Å². The second-order valence-corrected chi connectivity index (χ2v) is 6.50. The van der Waals surface area contributed by atoms with Gasteiger partial charge in [0.05, 0.1) is 23.9 Å². The third kappa shape index (κ3) is 3.65. The molecule has 0 aliphatic carbocycles. The summed E-state index contributed by atoms with van der Waals surface area (Å²) in [6.45, 7) is 3.36. The number of benzene rings is 2. The van der Waals surface area contributed by atoms with Crippen molar-refractivity contribution >= 4 is 16.9 Å². The second-order valence-electron chi connectivity index (χ2n) is 6.50. The number of nitrogens with zero attached hydrogens (tertiary/aromatic N) is 2. The summed E-state index contributed by atoms with van der Waals surface area (Å²) < 4.78 is 33.7. The highest BCUT2D eigenvalue weighted by Crippen LogP contribution is 2.32. The molecule has 1 aromatic heterocycles. The molecule has 8 heteroatoms. The summed E-state index contributed by atoms with van der Waals surface area (Å²) >= 11 is 0. The van der Waals surface area contributed by atoms with Gasteiger partial charge in [0.25, 0.3) is 0 Å². The first-order chi connectivity index (χ1) is 12.1. The lowest BCUT2D eigenvalue weighted by Gasteiger charge is -2.17. The molecule has 0 atom stereocenters. The van der Waals surface area contributed by atoms with E-state index in [4.69, 9.17) is 4.74 Å². The zero-order chi connectivity index (χ0) is 19.1. The van der Waals surface area contributed by atoms with Gasteiger partial charge in [-0.3, -0.25) is 4.68 Å². The van der Waals surface area contributed by atoms with Crippen molar-refractivity contribution in [2.75, 3.05) is 0 Å². The van der Waals surface area contributed by atoms with Crippen molar-refractivity contribution in [3.8, 4) is 11.5 Å². The molecule has 6 nitrogen and oxygen atoms in total. The second kappa shape index (κ2) is 6.38. The molecule has 136 valence electrons.